The summed E-state index contributed by atoms with van der Waals surface area (Å²) in [5.74, 6) is 0.723. The van der Waals surface area contributed by atoms with Crippen LogP contribution in [0.15, 0.2) is 41.1 Å². The van der Waals surface area contributed by atoms with Crippen molar-refractivity contribution in [1.82, 2.24) is 4.98 Å². The average molecular weight is 342 g/mol. The van der Waals surface area contributed by atoms with E-state index >= 15 is 0 Å². The first-order chi connectivity index (χ1) is 9.11. The zero-order valence-corrected chi connectivity index (χ0v) is 12.8. The van der Waals surface area contributed by atoms with Crippen molar-refractivity contribution in [2.45, 2.75) is 13.0 Å². The number of halogens is 2. The Morgan fingerprint density at radius 3 is 2.84 bits per heavy atom. The van der Waals surface area contributed by atoms with Gasteiger partial charge in [-0.25, -0.2) is 0 Å². The maximum absolute atomic E-state index is 6.26. The van der Waals surface area contributed by atoms with E-state index in [0.29, 0.717) is 11.6 Å². The monoisotopic (exact) mass is 340 g/mol. The summed E-state index contributed by atoms with van der Waals surface area (Å²) >= 11 is 9.41. The van der Waals surface area contributed by atoms with Gasteiger partial charge in [0.2, 0.25) is 0 Å². The number of nitrogens with two attached hydrogens (primary N) is 1. The van der Waals surface area contributed by atoms with Crippen molar-refractivity contribution in [2.24, 2.45) is 5.73 Å². The van der Waals surface area contributed by atoms with Crippen molar-refractivity contribution in [3.63, 3.8) is 0 Å². The SMILES string of the molecule is CCOc1cncc(C(N)c2ccc(Cl)cc2Br)c1. The Bertz CT molecular complexity index is 577. The van der Waals surface area contributed by atoms with Crippen molar-refractivity contribution >= 4 is 27.5 Å². The minimum absolute atomic E-state index is 0.278. The van der Waals surface area contributed by atoms with Crippen LogP contribution in [-0.2, 0) is 0 Å². The first kappa shape index (κ1) is 14.3. The predicted molar refractivity (Wildman–Crippen MR) is 80.6 cm³/mol. The Labute approximate surface area is 125 Å². The fourth-order valence-electron chi connectivity index (χ4n) is 1.78. The van der Waals surface area contributed by atoms with Crippen LogP contribution in [0.3, 0.4) is 0 Å². The minimum Gasteiger partial charge on any atom is -0.492 e. The fraction of sp³-hybridized carbons (Fsp3) is 0.214. The van der Waals surface area contributed by atoms with Crippen molar-refractivity contribution in [3.8, 4) is 5.75 Å². The molecule has 0 amide bonds. The van der Waals surface area contributed by atoms with Crippen LogP contribution in [0.5, 0.6) is 5.75 Å². The largest absolute Gasteiger partial charge is 0.492 e. The summed E-state index contributed by atoms with van der Waals surface area (Å²) in [6.07, 6.45) is 3.42. The molecule has 0 saturated heterocycles. The second-order valence-corrected chi connectivity index (χ2v) is 5.32. The Hall–Kier alpha value is -1.10. The lowest BCUT2D eigenvalue weighted by molar-refractivity contribution is 0.338. The van der Waals surface area contributed by atoms with E-state index in [0.717, 1.165) is 21.3 Å². The van der Waals surface area contributed by atoms with Crippen LogP contribution in [0.2, 0.25) is 5.02 Å². The number of aromatic nitrogens is 1. The van der Waals surface area contributed by atoms with Gasteiger partial charge in [-0.05, 0) is 36.2 Å². The molecule has 0 aliphatic heterocycles. The van der Waals surface area contributed by atoms with Gasteiger partial charge in [-0.1, -0.05) is 33.6 Å². The molecule has 1 heterocycles. The van der Waals surface area contributed by atoms with Crippen LogP contribution in [-0.4, -0.2) is 11.6 Å². The van der Waals surface area contributed by atoms with Gasteiger partial charge in [0.1, 0.15) is 5.75 Å². The van der Waals surface area contributed by atoms with E-state index in [9.17, 15) is 0 Å². The minimum atomic E-state index is -0.278. The third-order valence-corrected chi connectivity index (χ3v) is 3.62. The first-order valence-corrected chi connectivity index (χ1v) is 7.07. The van der Waals surface area contributed by atoms with Gasteiger partial charge >= 0.3 is 0 Å². The second-order valence-electron chi connectivity index (χ2n) is 4.03. The molecule has 1 aromatic carbocycles. The van der Waals surface area contributed by atoms with Gasteiger partial charge in [-0.15, -0.1) is 0 Å². The quantitative estimate of drug-likeness (QED) is 0.916. The summed E-state index contributed by atoms with van der Waals surface area (Å²) in [5.41, 5.74) is 8.12. The van der Waals surface area contributed by atoms with Crippen LogP contribution in [0.25, 0.3) is 0 Å². The molecule has 0 aliphatic carbocycles. The number of hydrogen-bond acceptors (Lipinski definition) is 3. The molecule has 0 bridgehead atoms. The summed E-state index contributed by atoms with van der Waals surface area (Å²) in [6, 6.07) is 7.18. The van der Waals surface area contributed by atoms with E-state index in [-0.39, 0.29) is 6.04 Å². The molecule has 0 spiro atoms. The summed E-state index contributed by atoms with van der Waals surface area (Å²) < 4.78 is 6.31. The van der Waals surface area contributed by atoms with Crippen LogP contribution in [0.1, 0.15) is 24.1 Å². The molecular weight excluding hydrogens is 328 g/mol. The smallest absolute Gasteiger partial charge is 0.137 e. The van der Waals surface area contributed by atoms with E-state index in [1.165, 1.54) is 0 Å². The van der Waals surface area contributed by atoms with Crippen molar-refractivity contribution in [2.75, 3.05) is 6.61 Å². The van der Waals surface area contributed by atoms with Crippen LogP contribution in [0.4, 0.5) is 0 Å². The molecule has 1 unspecified atom stereocenters. The zero-order valence-electron chi connectivity index (χ0n) is 10.4. The number of benzene rings is 1. The number of rotatable bonds is 4. The lowest BCUT2D eigenvalue weighted by Crippen LogP contribution is -2.13. The van der Waals surface area contributed by atoms with Crippen LogP contribution >= 0.6 is 27.5 Å². The highest BCUT2D eigenvalue weighted by Gasteiger charge is 2.13. The molecule has 1 aromatic heterocycles. The molecule has 3 nitrogen and oxygen atoms in total. The summed E-state index contributed by atoms with van der Waals surface area (Å²) in [6.45, 7) is 2.54. The van der Waals surface area contributed by atoms with Gasteiger partial charge in [-0.3, -0.25) is 4.98 Å². The zero-order chi connectivity index (χ0) is 13.8. The van der Waals surface area contributed by atoms with Crippen LogP contribution in [0, 0.1) is 0 Å². The molecule has 0 fully saturated rings. The molecule has 1 atom stereocenters. The molecule has 2 N–H and O–H groups in total. The highest BCUT2D eigenvalue weighted by atomic mass is 79.9. The normalized spacial score (nSPS) is 12.2. The molecule has 2 rings (SSSR count). The third kappa shape index (κ3) is 3.47. The van der Waals surface area contributed by atoms with Gasteiger partial charge in [0.15, 0.2) is 0 Å². The van der Waals surface area contributed by atoms with E-state index in [2.05, 4.69) is 20.9 Å². The van der Waals surface area contributed by atoms with Gasteiger partial charge in [0.25, 0.3) is 0 Å². The number of pyridine rings is 1. The molecule has 100 valence electrons. The Kier molecular flexibility index (Phi) is 4.80. The summed E-state index contributed by atoms with van der Waals surface area (Å²) in [7, 11) is 0. The molecule has 5 heteroatoms. The van der Waals surface area contributed by atoms with Crippen molar-refractivity contribution in [3.05, 3.63) is 57.3 Å². The summed E-state index contributed by atoms with van der Waals surface area (Å²) in [4.78, 5) is 4.15. The molecular formula is C14H14BrClN2O. The third-order valence-electron chi connectivity index (χ3n) is 2.70. The van der Waals surface area contributed by atoms with Gasteiger partial charge in [0.05, 0.1) is 18.8 Å². The van der Waals surface area contributed by atoms with Gasteiger partial charge in [-0.2, -0.15) is 0 Å². The van der Waals surface area contributed by atoms with Crippen molar-refractivity contribution in [1.29, 1.82) is 0 Å². The standard InChI is InChI=1S/C14H14BrClN2O/c1-2-19-11-5-9(7-18-8-11)14(17)12-4-3-10(16)6-13(12)15/h3-8,14H,2,17H2,1H3. The highest BCUT2D eigenvalue weighted by Crippen LogP contribution is 2.30. The Morgan fingerprint density at radius 2 is 2.16 bits per heavy atom. The van der Waals surface area contributed by atoms with E-state index in [1.54, 1.807) is 12.4 Å². The number of ether oxygens (including phenoxy) is 1. The lowest BCUT2D eigenvalue weighted by Gasteiger charge is -2.15. The number of hydrogen-bond donors (Lipinski definition) is 1. The fourth-order valence-corrected chi connectivity index (χ4v) is 2.71. The van der Waals surface area contributed by atoms with Gasteiger partial charge < -0.3 is 10.5 Å². The van der Waals surface area contributed by atoms with Crippen molar-refractivity contribution < 1.29 is 4.74 Å². The van der Waals surface area contributed by atoms with Gasteiger partial charge in [0, 0.05) is 15.7 Å². The lowest BCUT2D eigenvalue weighted by atomic mass is 10.0. The molecule has 0 saturated carbocycles. The van der Waals surface area contributed by atoms with Crippen LogP contribution < -0.4 is 10.5 Å². The topological polar surface area (TPSA) is 48.1 Å². The maximum atomic E-state index is 6.26. The van der Waals surface area contributed by atoms with E-state index < -0.39 is 0 Å². The molecule has 0 radical (unpaired) electrons. The predicted octanol–water partition coefficient (Wildman–Crippen LogP) is 3.94. The molecule has 19 heavy (non-hydrogen) atoms. The Morgan fingerprint density at radius 1 is 1.37 bits per heavy atom. The Balaban J connectivity index is 2.32. The van der Waals surface area contributed by atoms with E-state index in [1.807, 2.05) is 31.2 Å². The molecule has 0 aliphatic rings. The first-order valence-electron chi connectivity index (χ1n) is 5.90. The maximum Gasteiger partial charge on any atom is 0.137 e. The highest BCUT2D eigenvalue weighted by molar-refractivity contribution is 9.10. The van der Waals surface area contributed by atoms with E-state index in [4.69, 9.17) is 22.1 Å². The molecule has 2 aromatic rings. The second kappa shape index (κ2) is 6.37. The average Bonchev–Trinajstić information content (AvgIpc) is 2.39. The summed E-state index contributed by atoms with van der Waals surface area (Å²) in [5, 5.41) is 0.670. The number of nitrogens with zero attached hydrogens (tertiary/aromatic N) is 1.